The Morgan fingerprint density at radius 3 is 1.82 bits per heavy atom. The lowest BCUT2D eigenvalue weighted by Crippen LogP contribution is -1.93. The Hall–Kier alpha value is -4.47. The van der Waals surface area contributed by atoms with Crippen molar-refractivity contribution in [3.8, 4) is 39.1 Å². The van der Waals surface area contributed by atoms with Crippen molar-refractivity contribution in [2.45, 2.75) is 0 Å². The van der Waals surface area contributed by atoms with E-state index < -0.39 is 0 Å². The van der Waals surface area contributed by atoms with Crippen LogP contribution in [0.5, 0.6) is 0 Å². The van der Waals surface area contributed by atoms with Crippen LogP contribution >= 0.6 is 15.9 Å². The first-order valence-electron chi connectivity index (χ1n) is 12.7. The van der Waals surface area contributed by atoms with E-state index in [4.69, 9.17) is 0 Å². The summed E-state index contributed by atoms with van der Waals surface area (Å²) in [5, 5.41) is 2.54. The van der Waals surface area contributed by atoms with E-state index in [1.807, 2.05) is 24.5 Å². The van der Waals surface area contributed by atoms with Crippen LogP contribution in [0, 0.1) is 0 Å². The van der Waals surface area contributed by atoms with Gasteiger partial charge in [-0.1, -0.05) is 101 Å². The van der Waals surface area contributed by atoms with Gasteiger partial charge in [0, 0.05) is 33.3 Å². The Bertz CT molecular complexity index is 1900. The van der Waals surface area contributed by atoms with Gasteiger partial charge in [0.05, 0.1) is 11.0 Å². The summed E-state index contributed by atoms with van der Waals surface area (Å²) in [4.78, 5) is 4.13. The highest BCUT2D eigenvalue weighted by atomic mass is 79.9. The number of para-hydroxylation sites is 2. The van der Waals surface area contributed by atoms with E-state index in [9.17, 15) is 0 Å². The van der Waals surface area contributed by atoms with Crippen molar-refractivity contribution in [3.63, 3.8) is 0 Å². The van der Waals surface area contributed by atoms with Crippen molar-refractivity contribution < 1.29 is 0 Å². The second-order valence-electron chi connectivity index (χ2n) is 9.43. The number of fused-ring (bicyclic) bond motifs is 3. The molecule has 0 N–H and O–H groups in total. The summed E-state index contributed by atoms with van der Waals surface area (Å²) in [6.45, 7) is 0. The standard InChI is InChI=1S/C35H23BrN2/c36-33-22-27(14-16-30(33)26-18-20-37-21-19-26)24-10-12-25(13-11-24)28-15-17-32-31-8-4-5-9-34(31)38(35(32)23-28)29-6-2-1-3-7-29/h1-23H. The van der Waals surface area contributed by atoms with E-state index in [0.29, 0.717) is 0 Å². The lowest BCUT2D eigenvalue weighted by atomic mass is 9.98. The second kappa shape index (κ2) is 9.44. The summed E-state index contributed by atoms with van der Waals surface area (Å²) in [5.74, 6) is 0. The van der Waals surface area contributed by atoms with E-state index >= 15 is 0 Å². The van der Waals surface area contributed by atoms with Crippen LogP contribution in [0.15, 0.2) is 144 Å². The maximum Gasteiger partial charge on any atom is 0.0547 e. The predicted octanol–water partition coefficient (Wildman–Crippen LogP) is 9.94. The molecule has 7 aromatic rings. The molecule has 5 aromatic carbocycles. The fourth-order valence-electron chi connectivity index (χ4n) is 5.32. The summed E-state index contributed by atoms with van der Waals surface area (Å²) in [6.07, 6.45) is 3.65. The Kier molecular flexibility index (Phi) is 5.64. The van der Waals surface area contributed by atoms with Gasteiger partial charge in [-0.05, 0) is 75.8 Å². The fourth-order valence-corrected chi connectivity index (χ4v) is 5.93. The van der Waals surface area contributed by atoms with Crippen molar-refractivity contribution in [1.29, 1.82) is 0 Å². The zero-order chi connectivity index (χ0) is 25.5. The van der Waals surface area contributed by atoms with E-state index in [0.717, 1.165) is 15.6 Å². The molecule has 3 heteroatoms. The third kappa shape index (κ3) is 3.93. The normalized spacial score (nSPS) is 11.3. The minimum Gasteiger partial charge on any atom is -0.309 e. The fraction of sp³-hybridized carbons (Fsp3) is 0. The molecule has 0 spiro atoms. The maximum atomic E-state index is 4.13. The first kappa shape index (κ1) is 22.7. The monoisotopic (exact) mass is 550 g/mol. The third-order valence-corrected chi connectivity index (χ3v) is 7.86. The summed E-state index contributed by atoms with van der Waals surface area (Å²) in [7, 11) is 0. The van der Waals surface area contributed by atoms with Crippen LogP contribution < -0.4 is 0 Å². The summed E-state index contributed by atoms with van der Waals surface area (Å²) < 4.78 is 3.44. The predicted molar refractivity (Wildman–Crippen MR) is 163 cm³/mol. The van der Waals surface area contributed by atoms with Crippen LogP contribution in [0.1, 0.15) is 0 Å². The van der Waals surface area contributed by atoms with Crippen LogP contribution in [0.25, 0.3) is 60.9 Å². The Labute approximate surface area is 230 Å². The van der Waals surface area contributed by atoms with Gasteiger partial charge in [-0.2, -0.15) is 0 Å². The molecule has 0 bridgehead atoms. The summed E-state index contributed by atoms with van der Waals surface area (Å²) >= 11 is 3.77. The van der Waals surface area contributed by atoms with Crippen molar-refractivity contribution >= 4 is 37.7 Å². The third-order valence-electron chi connectivity index (χ3n) is 7.20. The Balaban J connectivity index is 1.28. The molecule has 0 amide bonds. The molecule has 2 heterocycles. The minimum atomic E-state index is 1.07. The van der Waals surface area contributed by atoms with Gasteiger partial charge in [-0.25, -0.2) is 0 Å². The molecule has 180 valence electrons. The zero-order valence-electron chi connectivity index (χ0n) is 20.6. The lowest BCUT2D eigenvalue weighted by molar-refractivity contribution is 1.18. The number of hydrogen-bond donors (Lipinski definition) is 0. The number of hydrogen-bond acceptors (Lipinski definition) is 1. The van der Waals surface area contributed by atoms with Crippen LogP contribution in [0.3, 0.4) is 0 Å². The van der Waals surface area contributed by atoms with Crippen LogP contribution in [-0.4, -0.2) is 9.55 Å². The molecule has 0 aliphatic rings. The van der Waals surface area contributed by atoms with Crippen molar-refractivity contribution in [2.24, 2.45) is 0 Å². The van der Waals surface area contributed by atoms with Crippen molar-refractivity contribution in [2.75, 3.05) is 0 Å². The number of rotatable bonds is 4. The quantitative estimate of drug-likeness (QED) is 0.213. The van der Waals surface area contributed by atoms with Gasteiger partial charge in [0.2, 0.25) is 0 Å². The highest BCUT2D eigenvalue weighted by Crippen LogP contribution is 2.36. The van der Waals surface area contributed by atoms with Crippen LogP contribution in [0.2, 0.25) is 0 Å². The largest absolute Gasteiger partial charge is 0.309 e. The SMILES string of the molecule is Brc1cc(-c2ccc(-c3ccc4c5ccccc5n(-c5ccccc5)c4c3)cc2)ccc1-c1ccncc1. The first-order valence-corrected chi connectivity index (χ1v) is 13.4. The average Bonchev–Trinajstić information content (AvgIpc) is 3.32. The smallest absolute Gasteiger partial charge is 0.0547 e. The van der Waals surface area contributed by atoms with Gasteiger partial charge >= 0.3 is 0 Å². The number of nitrogens with zero attached hydrogens (tertiary/aromatic N) is 2. The molecule has 0 saturated carbocycles. The Morgan fingerprint density at radius 1 is 0.474 bits per heavy atom. The van der Waals surface area contributed by atoms with Gasteiger partial charge < -0.3 is 4.57 Å². The van der Waals surface area contributed by atoms with E-state index in [1.165, 1.54) is 49.7 Å². The highest BCUT2D eigenvalue weighted by Gasteiger charge is 2.13. The van der Waals surface area contributed by atoms with Crippen molar-refractivity contribution in [1.82, 2.24) is 9.55 Å². The van der Waals surface area contributed by atoms with Gasteiger partial charge in [0.15, 0.2) is 0 Å². The summed E-state index contributed by atoms with van der Waals surface area (Å²) in [6, 6.07) is 45.5. The highest BCUT2D eigenvalue weighted by molar-refractivity contribution is 9.10. The molecule has 0 radical (unpaired) electrons. The minimum absolute atomic E-state index is 1.07. The number of pyridine rings is 1. The molecule has 0 fully saturated rings. The summed E-state index contributed by atoms with van der Waals surface area (Å²) in [5.41, 5.74) is 10.7. The maximum absolute atomic E-state index is 4.13. The van der Waals surface area contributed by atoms with Gasteiger partial charge in [-0.15, -0.1) is 0 Å². The van der Waals surface area contributed by atoms with Gasteiger partial charge in [0.25, 0.3) is 0 Å². The molecule has 38 heavy (non-hydrogen) atoms. The molecular weight excluding hydrogens is 528 g/mol. The van der Waals surface area contributed by atoms with Crippen LogP contribution in [-0.2, 0) is 0 Å². The van der Waals surface area contributed by atoms with Crippen molar-refractivity contribution in [3.05, 3.63) is 144 Å². The molecule has 2 aromatic heterocycles. The second-order valence-corrected chi connectivity index (χ2v) is 10.3. The molecule has 7 rings (SSSR count). The lowest BCUT2D eigenvalue weighted by Gasteiger charge is -2.10. The van der Waals surface area contributed by atoms with Gasteiger partial charge in [0.1, 0.15) is 0 Å². The molecule has 2 nitrogen and oxygen atoms in total. The number of aromatic nitrogens is 2. The van der Waals surface area contributed by atoms with Gasteiger partial charge in [-0.3, -0.25) is 4.98 Å². The molecule has 0 aliphatic carbocycles. The van der Waals surface area contributed by atoms with E-state index in [-0.39, 0.29) is 0 Å². The number of benzene rings is 5. The van der Waals surface area contributed by atoms with Crippen LogP contribution in [0.4, 0.5) is 0 Å². The zero-order valence-corrected chi connectivity index (χ0v) is 22.1. The molecular formula is C35H23BrN2. The topological polar surface area (TPSA) is 17.8 Å². The molecule has 0 atom stereocenters. The molecule has 0 unspecified atom stereocenters. The first-order chi connectivity index (χ1) is 18.8. The molecule has 0 saturated heterocycles. The van der Waals surface area contributed by atoms with E-state index in [1.54, 1.807) is 0 Å². The Morgan fingerprint density at radius 2 is 1.08 bits per heavy atom. The molecule has 0 aliphatic heterocycles. The number of halogens is 1. The average molecular weight is 551 g/mol. The van der Waals surface area contributed by atoms with E-state index in [2.05, 4.69) is 141 Å².